The summed E-state index contributed by atoms with van der Waals surface area (Å²) in [6.45, 7) is 0. The van der Waals surface area contributed by atoms with Crippen LogP contribution in [0.4, 0.5) is 5.69 Å². The van der Waals surface area contributed by atoms with Crippen molar-refractivity contribution in [3.05, 3.63) is 28.7 Å². The molecule has 72 valence electrons. The van der Waals surface area contributed by atoms with Gasteiger partial charge in [-0.3, -0.25) is 0 Å². The van der Waals surface area contributed by atoms with E-state index in [0.717, 1.165) is 0 Å². The second-order valence-corrected chi connectivity index (χ2v) is 2.69. The van der Waals surface area contributed by atoms with Crippen molar-refractivity contribution in [2.24, 2.45) is 0 Å². The molecule has 0 radical (unpaired) electrons. The topological polar surface area (TPSA) is 105 Å². The summed E-state index contributed by atoms with van der Waals surface area (Å²) in [4.78, 5) is 10.7. The van der Waals surface area contributed by atoms with Crippen molar-refractivity contribution >= 4 is 5.69 Å². The van der Waals surface area contributed by atoms with Crippen molar-refractivity contribution in [3.63, 3.8) is 0 Å². The van der Waals surface area contributed by atoms with E-state index < -0.39 is 5.76 Å². The van der Waals surface area contributed by atoms with Gasteiger partial charge < -0.3 is 15.3 Å². The fourth-order valence-electron chi connectivity index (χ4n) is 1.07. The minimum Gasteiger partial charge on any atom is -0.507 e. The number of nitrogens with one attached hydrogen (secondary N) is 1. The third kappa shape index (κ3) is 1.33. The van der Waals surface area contributed by atoms with Gasteiger partial charge in [0.05, 0.1) is 5.56 Å². The van der Waals surface area contributed by atoms with Crippen molar-refractivity contribution in [1.82, 2.24) is 10.2 Å². The number of aromatic nitrogens is 2. The Bertz CT molecular complexity index is 515. The molecule has 0 spiro atoms. The van der Waals surface area contributed by atoms with Crippen LogP contribution in [0, 0.1) is 0 Å². The van der Waals surface area contributed by atoms with E-state index in [1.807, 2.05) is 0 Å². The number of nitrogen functional groups attached to an aromatic ring is 1. The Kier molecular flexibility index (Phi) is 1.74. The van der Waals surface area contributed by atoms with Crippen LogP contribution in [0.1, 0.15) is 0 Å². The molecule has 2 aromatic rings. The Labute approximate surface area is 78.0 Å². The largest absolute Gasteiger partial charge is 0.507 e. The summed E-state index contributed by atoms with van der Waals surface area (Å²) >= 11 is 0. The predicted molar refractivity (Wildman–Crippen MR) is 48.6 cm³/mol. The van der Waals surface area contributed by atoms with Crippen LogP contribution in [-0.2, 0) is 0 Å². The highest BCUT2D eigenvalue weighted by molar-refractivity contribution is 5.65. The summed E-state index contributed by atoms with van der Waals surface area (Å²) in [5.74, 6) is -0.719. The van der Waals surface area contributed by atoms with Gasteiger partial charge >= 0.3 is 5.76 Å². The number of anilines is 1. The Morgan fingerprint density at radius 3 is 2.86 bits per heavy atom. The van der Waals surface area contributed by atoms with Gasteiger partial charge in [0.25, 0.3) is 5.89 Å². The van der Waals surface area contributed by atoms with E-state index in [-0.39, 0.29) is 11.6 Å². The van der Waals surface area contributed by atoms with Crippen LogP contribution in [0.2, 0.25) is 0 Å². The molecule has 0 bridgehead atoms. The lowest BCUT2D eigenvalue weighted by molar-refractivity contribution is 0.470. The maximum absolute atomic E-state index is 10.7. The molecule has 0 aliphatic heterocycles. The van der Waals surface area contributed by atoms with Gasteiger partial charge in [-0.1, -0.05) is 0 Å². The normalized spacial score (nSPS) is 10.3. The lowest BCUT2D eigenvalue weighted by Crippen LogP contribution is -1.93. The fourth-order valence-corrected chi connectivity index (χ4v) is 1.07. The summed E-state index contributed by atoms with van der Waals surface area (Å²) in [6.07, 6.45) is 0. The van der Waals surface area contributed by atoms with Crippen LogP contribution >= 0.6 is 0 Å². The van der Waals surface area contributed by atoms with Crippen LogP contribution in [-0.4, -0.2) is 15.3 Å². The maximum Gasteiger partial charge on any atom is 0.434 e. The molecule has 14 heavy (non-hydrogen) atoms. The van der Waals surface area contributed by atoms with E-state index in [1.54, 1.807) is 6.07 Å². The molecule has 1 aromatic carbocycles. The minimum atomic E-state index is -0.670. The first-order chi connectivity index (χ1) is 6.66. The van der Waals surface area contributed by atoms with E-state index in [9.17, 15) is 9.90 Å². The van der Waals surface area contributed by atoms with Crippen LogP contribution in [0.3, 0.4) is 0 Å². The Morgan fingerprint density at radius 2 is 2.29 bits per heavy atom. The smallest absolute Gasteiger partial charge is 0.434 e. The molecule has 4 N–H and O–H groups in total. The number of phenolic OH excluding ortho intramolecular Hbond substituents is 1. The number of rotatable bonds is 1. The number of phenols is 1. The van der Waals surface area contributed by atoms with Crippen molar-refractivity contribution in [2.75, 3.05) is 5.73 Å². The van der Waals surface area contributed by atoms with Crippen molar-refractivity contribution in [2.45, 2.75) is 0 Å². The quantitative estimate of drug-likeness (QED) is 0.565. The van der Waals surface area contributed by atoms with Gasteiger partial charge in [0, 0.05) is 11.8 Å². The lowest BCUT2D eigenvalue weighted by atomic mass is 10.2. The third-order valence-corrected chi connectivity index (χ3v) is 1.69. The summed E-state index contributed by atoms with van der Waals surface area (Å²) in [5.41, 5.74) is 6.17. The summed E-state index contributed by atoms with van der Waals surface area (Å²) in [6, 6.07) is 4.44. The maximum atomic E-state index is 10.7. The number of benzene rings is 1. The van der Waals surface area contributed by atoms with E-state index >= 15 is 0 Å². The number of aromatic amines is 1. The van der Waals surface area contributed by atoms with Crippen LogP contribution in [0.5, 0.6) is 5.75 Å². The predicted octanol–water partition coefficient (Wildman–Crippen LogP) is 0.318. The Morgan fingerprint density at radius 1 is 1.50 bits per heavy atom. The molecular formula is C8H7N3O3. The van der Waals surface area contributed by atoms with E-state index in [0.29, 0.717) is 11.3 Å². The Balaban J connectivity index is 2.57. The van der Waals surface area contributed by atoms with Crippen molar-refractivity contribution < 1.29 is 9.52 Å². The van der Waals surface area contributed by atoms with E-state index in [2.05, 4.69) is 14.6 Å². The van der Waals surface area contributed by atoms with Crippen LogP contribution in [0.25, 0.3) is 11.5 Å². The molecule has 0 saturated carbocycles. The van der Waals surface area contributed by atoms with Gasteiger partial charge in [-0.25, -0.2) is 9.89 Å². The third-order valence-electron chi connectivity index (χ3n) is 1.69. The minimum absolute atomic E-state index is 0.0347. The lowest BCUT2D eigenvalue weighted by Gasteiger charge is -1.99. The first-order valence-corrected chi connectivity index (χ1v) is 3.81. The molecule has 0 atom stereocenters. The van der Waals surface area contributed by atoms with Crippen molar-refractivity contribution in [1.29, 1.82) is 0 Å². The molecule has 0 saturated heterocycles. The molecular weight excluding hydrogens is 186 g/mol. The molecule has 1 aromatic heterocycles. The molecule has 0 fully saturated rings. The number of nitrogens with two attached hydrogens (primary N) is 1. The summed E-state index contributed by atoms with van der Waals surface area (Å²) < 4.78 is 4.67. The number of hydrogen-bond donors (Lipinski definition) is 3. The number of hydrogen-bond acceptors (Lipinski definition) is 5. The standard InChI is InChI=1S/C8H7N3O3/c9-4-1-2-5(6(12)3-4)7-10-11-8(13)14-7/h1-3,12H,9H2,(H,11,13). The second kappa shape index (κ2) is 2.91. The van der Waals surface area contributed by atoms with E-state index in [4.69, 9.17) is 5.73 Å². The zero-order valence-electron chi connectivity index (χ0n) is 7.02. The van der Waals surface area contributed by atoms with Gasteiger partial charge in [-0.15, -0.1) is 5.10 Å². The fraction of sp³-hybridized carbons (Fsp3) is 0. The first-order valence-electron chi connectivity index (χ1n) is 3.81. The zero-order valence-corrected chi connectivity index (χ0v) is 7.02. The highest BCUT2D eigenvalue weighted by Crippen LogP contribution is 2.28. The molecule has 6 nitrogen and oxygen atoms in total. The average molecular weight is 193 g/mol. The number of H-pyrrole nitrogens is 1. The first kappa shape index (κ1) is 8.36. The zero-order chi connectivity index (χ0) is 10.1. The van der Waals surface area contributed by atoms with Gasteiger partial charge in [-0.2, -0.15) is 0 Å². The number of nitrogens with zero attached hydrogens (tertiary/aromatic N) is 1. The van der Waals surface area contributed by atoms with Gasteiger partial charge in [0.1, 0.15) is 5.75 Å². The SMILES string of the molecule is Nc1ccc(-c2n[nH]c(=O)o2)c(O)c1. The molecule has 0 aliphatic carbocycles. The molecule has 6 heteroatoms. The highest BCUT2D eigenvalue weighted by atomic mass is 16.4. The van der Waals surface area contributed by atoms with Crippen molar-refractivity contribution in [3.8, 4) is 17.2 Å². The van der Waals surface area contributed by atoms with Gasteiger partial charge in [0.2, 0.25) is 0 Å². The van der Waals surface area contributed by atoms with Crippen LogP contribution in [0.15, 0.2) is 27.4 Å². The number of aromatic hydroxyl groups is 1. The van der Waals surface area contributed by atoms with Gasteiger partial charge in [-0.05, 0) is 12.1 Å². The highest BCUT2D eigenvalue weighted by Gasteiger charge is 2.09. The Hall–Kier alpha value is -2.24. The molecule has 0 amide bonds. The average Bonchev–Trinajstić information content (AvgIpc) is 2.51. The summed E-state index contributed by atoms with van der Waals surface area (Å²) in [7, 11) is 0. The second-order valence-electron chi connectivity index (χ2n) is 2.69. The molecule has 2 rings (SSSR count). The molecule has 0 unspecified atom stereocenters. The molecule has 1 heterocycles. The monoisotopic (exact) mass is 193 g/mol. The van der Waals surface area contributed by atoms with Gasteiger partial charge in [0.15, 0.2) is 0 Å². The van der Waals surface area contributed by atoms with Crippen LogP contribution < -0.4 is 11.5 Å². The van der Waals surface area contributed by atoms with E-state index in [1.165, 1.54) is 12.1 Å². The summed E-state index contributed by atoms with van der Waals surface area (Å²) in [5, 5.41) is 15.1. The molecule has 0 aliphatic rings.